The first-order valence-corrected chi connectivity index (χ1v) is 12.1. The number of sulfone groups is 1. The third-order valence-electron chi connectivity index (χ3n) is 4.66. The Balaban J connectivity index is 1.62. The van der Waals surface area contributed by atoms with Crippen LogP contribution in [-0.2, 0) is 20.4 Å². The summed E-state index contributed by atoms with van der Waals surface area (Å²) in [6, 6.07) is 5.85. The average Bonchev–Trinajstić information content (AvgIpc) is 3.34. The van der Waals surface area contributed by atoms with E-state index in [4.69, 9.17) is 22.1 Å². The number of hydrogen-bond acceptors (Lipinski definition) is 8. The molecule has 1 aliphatic rings. The number of amides is 2. The molecule has 0 radical (unpaired) electrons. The van der Waals surface area contributed by atoms with Crippen molar-refractivity contribution in [2.75, 3.05) is 13.1 Å². The second kappa shape index (κ2) is 9.39. The fourth-order valence-electron chi connectivity index (χ4n) is 3.05. The van der Waals surface area contributed by atoms with Crippen LogP contribution in [0.25, 0.3) is 0 Å². The Morgan fingerprint density at radius 1 is 1.36 bits per heavy atom. The van der Waals surface area contributed by atoms with E-state index in [1.165, 1.54) is 17.5 Å². The lowest BCUT2D eigenvalue weighted by Crippen LogP contribution is -2.43. The highest BCUT2D eigenvalue weighted by Crippen LogP contribution is 2.31. The molecule has 1 atom stereocenters. The molecular formula is C19H14ClF2N5O4S2. The fraction of sp³-hybridized carbons (Fsp3) is 0.316. The number of hydrogen-bond donors (Lipinski definition) is 1. The van der Waals surface area contributed by atoms with Crippen LogP contribution in [0.2, 0.25) is 5.02 Å². The zero-order valence-corrected chi connectivity index (χ0v) is 19.0. The van der Waals surface area contributed by atoms with Crippen molar-refractivity contribution in [1.29, 1.82) is 10.5 Å². The summed E-state index contributed by atoms with van der Waals surface area (Å²) in [6.07, 6.45) is -0.766. The number of nitrogens with one attached hydrogen (secondary N) is 1. The molecule has 14 heteroatoms. The lowest BCUT2D eigenvalue weighted by Gasteiger charge is -2.19. The largest absolute Gasteiger partial charge is 0.342 e. The van der Waals surface area contributed by atoms with Crippen LogP contribution in [0.3, 0.4) is 0 Å². The number of rotatable bonds is 6. The Morgan fingerprint density at radius 2 is 2.09 bits per heavy atom. The average molecular weight is 514 g/mol. The van der Waals surface area contributed by atoms with Crippen molar-refractivity contribution < 1.29 is 26.8 Å². The van der Waals surface area contributed by atoms with E-state index in [-0.39, 0.29) is 26.2 Å². The molecule has 2 heterocycles. The van der Waals surface area contributed by atoms with Crippen LogP contribution < -0.4 is 5.32 Å². The van der Waals surface area contributed by atoms with Gasteiger partial charge in [0, 0.05) is 11.8 Å². The maximum Gasteiger partial charge on any atom is 0.271 e. The molecule has 0 unspecified atom stereocenters. The van der Waals surface area contributed by atoms with Crippen molar-refractivity contribution in [2.45, 2.75) is 29.0 Å². The van der Waals surface area contributed by atoms with Crippen LogP contribution in [0.1, 0.15) is 27.5 Å². The first-order chi connectivity index (χ1) is 15.5. The van der Waals surface area contributed by atoms with E-state index in [2.05, 4.69) is 10.3 Å². The molecular weight excluding hydrogens is 500 g/mol. The molecule has 1 aromatic heterocycles. The highest BCUT2D eigenvalue weighted by molar-refractivity contribution is 7.90. The molecule has 2 amide bonds. The Labute approximate surface area is 196 Å². The first kappa shape index (κ1) is 24.5. The number of carbonyl (C=O) groups is 2. The molecule has 1 N–H and O–H groups in total. The minimum Gasteiger partial charge on any atom is -0.342 e. The van der Waals surface area contributed by atoms with E-state index in [0.29, 0.717) is 4.90 Å². The summed E-state index contributed by atoms with van der Waals surface area (Å²) in [7, 11) is -3.87. The smallest absolute Gasteiger partial charge is 0.271 e. The lowest BCUT2D eigenvalue weighted by molar-refractivity contribution is -0.131. The van der Waals surface area contributed by atoms with Gasteiger partial charge in [-0.25, -0.2) is 22.2 Å². The van der Waals surface area contributed by atoms with Crippen molar-refractivity contribution in [3.8, 4) is 12.1 Å². The van der Waals surface area contributed by atoms with E-state index in [9.17, 15) is 26.8 Å². The predicted octanol–water partition coefficient (Wildman–Crippen LogP) is 2.13. The molecule has 1 aliphatic heterocycles. The van der Waals surface area contributed by atoms with E-state index < -0.39 is 58.9 Å². The summed E-state index contributed by atoms with van der Waals surface area (Å²) in [4.78, 5) is 29.0. The molecule has 0 aliphatic carbocycles. The minimum absolute atomic E-state index is 0.0168. The Bertz CT molecular complexity index is 1300. The number of thiazole rings is 1. The van der Waals surface area contributed by atoms with Crippen molar-refractivity contribution in [3.63, 3.8) is 0 Å². The van der Waals surface area contributed by atoms with Gasteiger partial charge >= 0.3 is 0 Å². The van der Waals surface area contributed by atoms with Crippen molar-refractivity contribution in [2.24, 2.45) is 0 Å². The number of benzene rings is 1. The maximum atomic E-state index is 13.5. The van der Waals surface area contributed by atoms with E-state index in [0.717, 1.165) is 17.4 Å². The highest BCUT2D eigenvalue weighted by atomic mass is 35.5. The zero-order chi connectivity index (χ0) is 24.4. The van der Waals surface area contributed by atoms with Crippen molar-refractivity contribution in [3.05, 3.63) is 44.9 Å². The van der Waals surface area contributed by atoms with Gasteiger partial charge in [0.2, 0.25) is 5.91 Å². The molecule has 0 spiro atoms. The summed E-state index contributed by atoms with van der Waals surface area (Å²) in [6.45, 7) is -1.53. The number of aromatic nitrogens is 1. The van der Waals surface area contributed by atoms with Crippen molar-refractivity contribution >= 4 is 44.6 Å². The van der Waals surface area contributed by atoms with Gasteiger partial charge in [-0.3, -0.25) is 9.59 Å². The highest BCUT2D eigenvalue weighted by Gasteiger charge is 2.47. The van der Waals surface area contributed by atoms with Gasteiger partial charge in [0.15, 0.2) is 9.84 Å². The lowest BCUT2D eigenvalue weighted by atomic mass is 10.2. The summed E-state index contributed by atoms with van der Waals surface area (Å²) in [5.74, 6) is -5.35. The van der Waals surface area contributed by atoms with E-state index >= 15 is 0 Å². The van der Waals surface area contributed by atoms with Gasteiger partial charge in [-0.1, -0.05) is 11.6 Å². The second-order valence-corrected chi connectivity index (χ2v) is 10.4. The van der Waals surface area contributed by atoms with Crippen LogP contribution in [0.5, 0.6) is 0 Å². The predicted molar refractivity (Wildman–Crippen MR) is 112 cm³/mol. The fourth-order valence-corrected chi connectivity index (χ4v) is 5.76. The molecule has 33 heavy (non-hydrogen) atoms. The van der Waals surface area contributed by atoms with Gasteiger partial charge in [-0.05, 0) is 18.2 Å². The van der Waals surface area contributed by atoms with E-state index in [1.54, 1.807) is 6.07 Å². The van der Waals surface area contributed by atoms with Gasteiger partial charge in [0.1, 0.15) is 28.6 Å². The Morgan fingerprint density at radius 3 is 2.73 bits per heavy atom. The van der Waals surface area contributed by atoms with Crippen molar-refractivity contribution in [1.82, 2.24) is 15.2 Å². The Kier molecular flexibility index (Phi) is 6.97. The minimum atomic E-state index is -3.87. The monoisotopic (exact) mass is 513 g/mol. The van der Waals surface area contributed by atoms with Gasteiger partial charge in [0.25, 0.3) is 11.8 Å². The van der Waals surface area contributed by atoms with Crippen LogP contribution in [0.15, 0.2) is 28.5 Å². The molecule has 0 saturated carbocycles. The van der Waals surface area contributed by atoms with Crippen LogP contribution >= 0.6 is 22.9 Å². The van der Waals surface area contributed by atoms with Gasteiger partial charge in [-0.15, -0.1) is 11.3 Å². The number of likely N-dealkylation sites (tertiary alicyclic amines) is 1. The third-order valence-corrected chi connectivity index (χ3v) is 7.63. The second-order valence-electron chi connectivity index (χ2n) is 7.05. The molecule has 0 bridgehead atoms. The number of halogens is 3. The summed E-state index contributed by atoms with van der Waals surface area (Å²) in [5.41, 5.74) is -0.0310. The van der Waals surface area contributed by atoms with Gasteiger partial charge in [0.05, 0.1) is 34.6 Å². The Hall–Kier alpha value is -3.13. The molecule has 1 saturated heterocycles. The standard InChI is InChI=1S/C19H14ClF2N5O4S2/c20-14-3-13(2-1-11(14)5-23)33(30,31)9-16-26-15(8-32-16)18(29)25-7-17(28)27-10-19(21,22)4-12(27)6-24/h1-3,8,12H,4,7,9-10H2,(H,25,29)/t12-/m0/s1. The molecule has 1 fully saturated rings. The quantitative estimate of drug-likeness (QED) is 0.623. The number of alkyl halides is 2. The molecule has 3 rings (SSSR count). The molecule has 9 nitrogen and oxygen atoms in total. The number of nitriles is 2. The zero-order valence-electron chi connectivity index (χ0n) is 16.6. The summed E-state index contributed by atoms with van der Waals surface area (Å²) < 4.78 is 52.1. The SMILES string of the molecule is N#Cc1ccc(S(=O)(=O)Cc2nc(C(=O)NCC(=O)N3CC(F)(F)C[C@H]3C#N)cs2)cc1Cl. The van der Waals surface area contributed by atoms with Crippen LogP contribution in [-0.4, -0.2) is 55.2 Å². The molecule has 172 valence electrons. The van der Waals surface area contributed by atoms with Gasteiger partial charge < -0.3 is 10.2 Å². The first-order valence-electron chi connectivity index (χ1n) is 9.18. The van der Waals surface area contributed by atoms with Gasteiger partial charge in [-0.2, -0.15) is 10.5 Å². The number of nitrogens with zero attached hydrogens (tertiary/aromatic N) is 4. The molecule has 2 aromatic rings. The topological polar surface area (TPSA) is 144 Å². The normalized spacial score (nSPS) is 17.2. The summed E-state index contributed by atoms with van der Waals surface area (Å²) >= 11 is 6.78. The maximum absolute atomic E-state index is 13.5. The molecule has 1 aromatic carbocycles. The third kappa shape index (κ3) is 5.63. The van der Waals surface area contributed by atoms with Crippen LogP contribution in [0, 0.1) is 22.7 Å². The number of carbonyl (C=O) groups excluding carboxylic acids is 2. The van der Waals surface area contributed by atoms with Crippen LogP contribution in [0.4, 0.5) is 8.78 Å². The van der Waals surface area contributed by atoms with E-state index in [1.807, 2.05) is 6.07 Å². The summed E-state index contributed by atoms with van der Waals surface area (Å²) in [5, 5.41) is 21.4.